The van der Waals surface area contributed by atoms with Crippen molar-refractivity contribution < 1.29 is 27.4 Å². The lowest BCUT2D eigenvalue weighted by atomic mass is 9.90. The first-order valence-electron chi connectivity index (χ1n) is 9.51. The smallest absolute Gasteiger partial charge is 0.424 e. The molecular weight excluding hydrogens is 385 g/mol. The minimum atomic E-state index is -4.95. The molecule has 2 aliphatic heterocycles. The largest absolute Gasteiger partial charge is 0.492 e. The summed E-state index contributed by atoms with van der Waals surface area (Å²) in [5, 5.41) is 1.93. The Hall–Kier alpha value is -2.90. The summed E-state index contributed by atoms with van der Waals surface area (Å²) in [6.07, 6.45) is -2.61. The maximum atomic E-state index is 13.7. The Balaban J connectivity index is 1.38. The van der Waals surface area contributed by atoms with Crippen molar-refractivity contribution >= 4 is 6.03 Å². The predicted octanol–water partition coefficient (Wildman–Crippen LogP) is 4.34. The Morgan fingerprint density at radius 1 is 1.00 bits per heavy atom. The molecule has 29 heavy (non-hydrogen) atoms. The van der Waals surface area contributed by atoms with Gasteiger partial charge in [0.1, 0.15) is 0 Å². The van der Waals surface area contributed by atoms with E-state index in [4.69, 9.17) is 9.47 Å². The third-order valence-electron chi connectivity index (χ3n) is 5.27. The molecule has 2 aliphatic rings. The van der Waals surface area contributed by atoms with E-state index in [9.17, 15) is 18.0 Å². The lowest BCUT2D eigenvalue weighted by Gasteiger charge is -2.35. The first-order valence-corrected chi connectivity index (χ1v) is 9.51. The first kappa shape index (κ1) is 19.4. The number of fused-ring (bicyclic) bond motifs is 1. The van der Waals surface area contributed by atoms with Gasteiger partial charge in [-0.3, -0.25) is 5.32 Å². The Morgan fingerprint density at radius 2 is 1.55 bits per heavy atom. The second-order valence-corrected chi connectivity index (χ2v) is 7.32. The zero-order valence-corrected chi connectivity index (χ0v) is 15.6. The van der Waals surface area contributed by atoms with Crippen molar-refractivity contribution in [1.29, 1.82) is 0 Å². The number of rotatable bonds is 3. The summed E-state index contributed by atoms with van der Waals surface area (Å²) in [4.78, 5) is 14.0. The van der Waals surface area contributed by atoms with Gasteiger partial charge in [0.25, 0.3) is 0 Å². The van der Waals surface area contributed by atoms with Crippen molar-refractivity contribution in [2.24, 2.45) is 5.92 Å². The fourth-order valence-electron chi connectivity index (χ4n) is 3.69. The van der Waals surface area contributed by atoms with Crippen LogP contribution in [0.15, 0.2) is 54.6 Å². The highest BCUT2D eigenvalue weighted by Crippen LogP contribution is 2.45. The molecule has 0 spiro atoms. The maximum Gasteiger partial charge on any atom is 0.492 e. The number of nitrogens with zero attached hydrogens (tertiary/aromatic N) is 1. The van der Waals surface area contributed by atoms with E-state index in [2.05, 4.69) is 12.1 Å². The molecule has 0 unspecified atom stereocenters. The van der Waals surface area contributed by atoms with Crippen LogP contribution in [-0.4, -0.2) is 36.1 Å². The highest BCUT2D eigenvalue weighted by molar-refractivity contribution is 5.75. The van der Waals surface area contributed by atoms with Gasteiger partial charge in [-0.2, -0.15) is 13.2 Å². The number of para-hydroxylation sites is 2. The lowest BCUT2D eigenvalue weighted by molar-refractivity contribution is -0.318. The van der Waals surface area contributed by atoms with Crippen LogP contribution in [0, 0.1) is 5.92 Å². The molecule has 0 aromatic heterocycles. The SMILES string of the molecule is O=C(NC1(C(F)(F)F)Oc2ccccc2O1)N1CCC(Cc2ccccc2)CC1. The molecule has 5 nitrogen and oxygen atoms in total. The number of alkyl halides is 3. The van der Waals surface area contributed by atoms with Crippen molar-refractivity contribution in [3.8, 4) is 11.5 Å². The molecule has 1 saturated heterocycles. The monoisotopic (exact) mass is 406 g/mol. The molecule has 0 saturated carbocycles. The van der Waals surface area contributed by atoms with Crippen molar-refractivity contribution in [3.05, 3.63) is 60.2 Å². The quantitative estimate of drug-likeness (QED) is 0.825. The van der Waals surface area contributed by atoms with Crippen LogP contribution in [0.1, 0.15) is 18.4 Å². The molecule has 0 atom stereocenters. The molecule has 1 N–H and O–H groups in total. The van der Waals surface area contributed by atoms with E-state index in [1.165, 1.54) is 34.7 Å². The third kappa shape index (κ3) is 3.97. The van der Waals surface area contributed by atoms with Crippen LogP contribution < -0.4 is 14.8 Å². The van der Waals surface area contributed by atoms with Gasteiger partial charge >= 0.3 is 18.1 Å². The maximum absolute atomic E-state index is 13.7. The Bertz CT molecular complexity index is 840. The van der Waals surface area contributed by atoms with Gasteiger partial charge in [-0.15, -0.1) is 0 Å². The van der Waals surface area contributed by atoms with E-state index in [0.717, 1.165) is 19.3 Å². The normalized spacial score (nSPS) is 18.5. The van der Waals surface area contributed by atoms with E-state index >= 15 is 0 Å². The fraction of sp³-hybridized carbons (Fsp3) is 0.381. The molecule has 2 aromatic rings. The summed E-state index contributed by atoms with van der Waals surface area (Å²) < 4.78 is 51.2. The van der Waals surface area contributed by atoms with Gasteiger partial charge in [-0.1, -0.05) is 42.5 Å². The van der Waals surface area contributed by atoms with E-state index in [-0.39, 0.29) is 11.5 Å². The molecule has 0 aliphatic carbocycles. The van der Waals surface area contributed by atoms with Crippen molar-refractivity contribution in [2.45, 2.75) is 31.3 Å². The molecule has 2 heterocycles. The number of halogens is 3. The molecule has 2 amide bonds. The summed E-state index contributed by atoms with van der Waals surface area (Å²) in [6.45, 7) is 0.758. The second-order valence-electron chi connectivity index (χ2n) is 7.32. The Morgan fingerprint density at radius 3 is 2.10 bits per heavy atom. The van der Waals surface area contributed by atoms with Crippen LogP contribution in [0.5, 0.6) is 11.5 Å². The molecule has 0 bridgehead atoms. The molecule has 8 heteroatoms. The number of carbonyl (C=O) groups excluding carboxylic acids is 1. The highest BCUT2D eigenvalue weighted by Gasteiger charge is 2.66. The summed E-state index contributed by atoms with van der Waals surface area (Å²) in [5.41, 5.74) is 1.22. The van der Waals surface area contributed by atoms with Crippen LogP contribution >= 0.6 is 0 Å². The van der Waals surface area contributed by atoms with Gasteiger partial charge < -0.3 is 14.4 Å². The molecule has 2 aromatic carbocycles. The molecule has 0 radical (unpaired) electrons. The number of urea groups is 1. The Labute approximate surface area is 166 Å². The van der Waals surface area contributed by atoms with Gasteiger partial charge in [0.15, 0.2) is 11.5 Å². The average Bonchev–Trinajstić information content (AvgIpc) is 3.09. The summed E-state index contributed by atoms with van der Waals surface area (Å²) in [5.74, 6) is -2.95. The standard InChI is InChI=1S/C21H21F3N2O3/c22-20(23,24)21(28-17-8-4-5-9-18(17)29-21)25-19(27)26-12-10-16(11-13-26)14-15-6-2-1-3-7-15/h1-9,16H,10-14H2,(H,25,27). The Kier molecular flexibility index (Phi) is 5.02. The lowest BCUT2D eigenvalue weighted by Crippen LogP contribution is -2.67. The number of carbonyl (C=O) groups is 1. The van der Waals surface area contributed by atoms with Crippen LogP contribution in [-0.2, 0) is 6.42 Å². The van der Waals surface area contributed by atoms with Crippen LogP contribution in [0.4, 0.5) is 18.0 Å². The number of ether oxygens (including phenoxy) is 2. The van der Waals surface area contributed by atoms with Crippen molar-refractivity contribution in [2.75, 3.05) is 13.1 Å². The minimum Gasteiger partial charge on any atom is -0.424 e. The van der Waals surface area contributed by atoms with Gasteiger partial charge in [0.2, 0.25) is 0 Å². The number of likely N-dealkylation sites (tertiary alicyclic amines) is 1. The first-order chi connectivity index (χ1) is 13.9. The van der Waals surface area contributed by atoms with Gasteiger partial charge in [-0.05, 0) is 42.9 Å². The summed E-state index contributed by atoms with van der Waals surface area (Å²) >= 11 is 0. The number of nitrogens with one attached hydrogen (secondary N) is 1. The highest BCUT2D eigenvalue weighted by atomic mass is 19.4. The average molecular weight is 406 g/mol. The van der Waals surface area contributed by atoms with E-state index in [1.807, 2.05) is 23.5 Å². The fourth-order valence-corrected chi connectivity index (χ4v) is 3.69. The second kappa shape index (κ2) is 7.50. The van der Waals surface area contributed by atoms with Gasteiger partial charge in [-0.25, -0.2) is 4.79 Å². The molecule has 154 valence electrons. The molecular formula is C21H21F3N2O3. The number of piperidine rings is 1. The number of amides is 2. The van der Waals surface area contributed by atoms with Gasteiger partial charge in [0.05, 0.1) is 0 Å². The summed E-state index contributed by atoms with van der Waals surface area (Å²) in [7, 11) is 0. The molecule has 4 rings (SSSR count). The van der Waals surface area contributed by atoms with Crippen molar-refractivity contribution in [1.82, 2.24) is 10.2 Å². The van der Waals surface area contributed by atoms with E-state index < -0.39 is 18.1 Å². The van der Waals surface area contributed by atoms with Crippen LogP contribution in [0.25, 0.3) is 0 Å². The minimum absolute atomic E-state index is 0.0632. The van der Waals surface area contributed by atoms with Gasteiger partial charge in [0, 0.05) is 13.1 Å². The predicted molar refractivity (Wildman–Crippen MR) is 99.5 cm³/mol. The van der Waals surface area contributed by atoms with Crippen LogP contribution in [0.2, 0.25) is 0 Å². The van der Waals surface area contributed by atoms with E-state index in [0.29, 0.717) is 19.0 Å². The topological polar surface area (TPSA) is 50.8 Å². The number of hydrogen-bond acceptors (Lipinski definition) is 3. The van der Waals surface area contributed by atoms with E-state index in [1.54, 1.807) is 0 Å². The zero-order valence-electron chi connectivity index (χ0n) is 15.6. The number of hydrogen-bond donors (Lipinski definition) is 1. The van der Waals surface area contributed by atoms with Crippen molar-refractivity contribution in [3.63, 3.8) is 0 Å². The summed E-state index contributed by atoms with van der Waals surface area (Å²) in [6, 6.07) is 15.0. The third-order valence-corrected chi connectivity index (χ3v) is 5.27. The van der Waals surface area contributed by atoms with Crippen LogP contribution in [0.3, 0.4) is 0 Å². The zero-order chi connectivity index (χ0) is 20.5. The number of benzene rings is 2. The molecule has 1 fully saturated rings.